The van der Waals surface area contributed by atoms with Gasteiger partial charge in [-0.15, -0.1) is 0 Å². The van der Waals surface area contributed by atoms with Crippen LogP contribution in [-0.2, 0) is 0 Å². The molecule has 5 nitrogen and oxygen atoms in total. The molecule has 5 heteroatoms. The maximum Gasteiger partial charge on any atom is 0.234 e. The first-order chi connectivity index (χ1) is 26.6. The largest absolute Gasteiger partial charge is 0.455 e. The number of fused-ring (bicyclic) bond motifs is 10. The Balaban J connectivity index is 1.31. The normalized spacial score (nSPS) is 11.8. The van der Waals surface area contributed by atoms with Crippen molar-refractivity contribution in [3.63, 3.8) is 0 Å². The molecule has 0 bridgehead atoms. The highest BCUT2D eigenvalue weighted by molar-refractivity contribution is 6.24. The van der Waals surface area contributed by atoms with Gasteiger partial charge in [-0.3, -0.25) is 0 Å². The third-order valence-electron chi connectivity index (χ3n) is 10.6. The van der Waals surface area contributed by atoms with Crippen molar-refractivity contribution in [1.82, 2.24) is 9.13 Å². The second-order valence-corrected chi connectivity index (χ2v) is 13.6. The number of aromatic nitrogens is 2. The average molecular weight is 691 g/mol. The van der Waals surface area contributed by atoms with Crippen LogP contribution in [0.4, 0.5) is 5.69 Å². The van der Waals surface area contributed by atoms with Crippen molar-refractivity contribution in [1.29, 1.82) is 5.26 Å². The molecule has 0 unspecified atom stereocenters. The number of hydrogen-bond acceptors (Lipinski definition) is 2. The van der Waals surface area contributed by atoms with Crippen LogP contribution >= 0.6 is 0 Å². The van der Waals surface area contributed by atoms with E-state index in [1.165, 1.54) is 0 Å². The topological polar surface area (TPSA) is 51.1 Å². The van der Waals surface area contributed by atoms with E-state index in [2.05, 4.69) is 105 Å². The minimum atomic E-state index is 0.440. The quantitative estimate of drug-likeness (QED) is 0.133. The maximum absolute atomic E-state index is 10.6. The van der Waals surface area contributed by atoms with Crippen molar-refractivity contribution in [2.24, 2.45) is 0 Å². The molecule has 7 aromatic carbocycles. The van der Waals surface area contributed by atoms with Crippen LogP contribution in [0, 0.1) is 17.9 Å². The van der Waals surface area contributed by atoms with Crippen LogP contribution in [-0.4, -0.2) is 9.13 Å². The van der Waals surface area contributed by atoms with E-state index in [-0.39, 0.29) is 0 Å². The number of nitriles is 1. The zero-order chi connectivity index (χ0) is 36.5. The van der Waals surface area contributed by atoms with E-state index < -0.39 is 0 Å². The van der Waals surface area contributed by atoms with Crippen LogP contribution in [0.15, 0.2) is 163 Å². The molecule has 3 heterocycles. The molecule has 0 radical (unpaired) electrons. The summed E-state index contributed by atoms with van der Waals surface area (Å²) in [5.74, 6) is 0. The van der Waals surface area contributed by atoms with E-state index in [0.29, 0.717) is 22.6 Å². The van der Waals surface area contributed by atoms with Crippen molar-refractivity contribution in [3.05, 3.63) is 181 Å². The van der Waals surface area contributed by atoms with Crippen molar-refractivity contribution in [3.8, 4) is 28.6 Å². The lowest BCUT2D eigenvalue weighted by Gasteiger charge is -2.17. The maximum atomic E-state index is 10.6. The summed E-state index contributed by atoms with van der Waals surface area (Å²) in [4.78, 5) is 4.27. The molecule has 0 aliphatic rings. The lowest BCUT2D eigenvalue weighted by atomic mass is 10.0. The standard InChI is InChI=1S/C49H30N4O/c1-4-12-30(2)33-19-22-41-38(27-33)39-28-34(32-13-6-5-7-14-32)20-23-42(39)52(41)44-25-31(29-50)26-45(48(44)51-3)53-40-17-10-8-16-37(40)47-43(53)24-21-36-35-15-9-11-18-46(35)54-49(36)47/h4-28H,2H2,1H3/b12-4-. The number of nitrogens with zero attached hydrogens (tertiary/aromatic N) is 4. The predicted octanol–water partition coefficient (Wildman–Crippen LogP) is 13.5. The molecule has 10 rings (SSSR count). The van der Waals surface area contributed by atoms with Crippen LogP contribution in [0.3, 0.4) is 0 Å². The molecule has 252 valence electrons. The molecule has 0 N–H and O–H groups in total. The highest BCUT2D eigenvalue weighted by Crippen LogP contribution is 2.45. The molecule has 0 atom stereocenters. The highest BCUT2D eigenvalue weighted by Gasteiger charge is 2.24. The van der Waals surface area contributed by atoms with Gasteiger partial charge in [-0.05, 0) is 89.9 Å². The Bertz CT molecular complexity index is 3320. The van der Waals surface area contributed by atoms with Crippen molar-refractivity contribution in [2.45, 2.75) is 6.92 Å². The van der Waals surface area contributed by atoms with Gasteiger partial charge >= 0.3 is 0 Å². The van der Waals surface area contributed by atoms with E-state index in [0.717, 1.165) is 87.8 Å². The summed E-state index contributed by atoms with van der Waals surface area (Å²) in [6.07, 6.45) is 4.01. The summed E-state index contributed by atoms with van der Waals surface area (Å²) in [5, 5.41) is 16.7. The summed E-state index contributed by atoms with van der Waals surface area (Å²) in [6.45, 7) is 15.1. The fourth-order valence-corrected chi connectivity index (χ4v) is 8.21. The number of benzene rings is 7. The Morgan fingerprint density at radius 3 is 2.07 bits per heavy atom. The summed E-state index contributed by atoms with van der Waals surface area (Å²) in [7, 11) is 0. The Kier molecular flexibility index (Phi) is 6.92. The number of para-hydroxylation sites is 2. The number of allylic oxidation sites excluding steroid dienone is 3. The Morgan fingerprint density at radius 1 is 0.667 bits per heavy atom. The number of furan rings is 1. The van der Waals surface area contributed by atoms with E-state index in [1.807, 2.05) is 79.7 Å². The molecule has 0 fully saturated rings. The molecule has 54 heavy (non-hydrogen) atoms. The van der Waals surface area contributed by atoms with Gasteiger partial charge in [0.15, 0.2) is 0 Å². The van der Waals surface area contributed by atoms with Gasteiger partial charge in [0, 0.05) is 26.9 Å². The molecular formula is C49H30N4O. The average Bonchev–Trinajstić information content (AvgIpc) is 3.87. The Morgan fingerprint density at radius 2 is 1.31 bits per heavy atom. The fraction of sp³-hybridized carbons (Fsp3) is 0.0204. The second kappa shape index (κ2) is 12.0. The number of hydrogen-bond donors (Lipinski definition) is 0. The number of rotatable bonds is 5. The van der Waals surface area contributed by atoms with E-state index in [4.69, 9.17) is 11.0 Å². The molecule has 0 spiro atoms. The Labute approximate surface area is 310 Å². The lowest BCUT2D eigenvalue weighted by Crippen LogP contribution is -2.01. The molecular weight excluding hydrogens is 661 g/mol. The highest BCUT2D eigenvalue weighted by atomic mass is 16.3. The smallest absolute Gasteiger partial charge is 0.234 e. The summed E-state index contributed by atoms with van der Waals surface area (Å²) < 4.78 is 10.8. The van der Waals surface area contributed by atoms with Gasteiger partial charge in [0.2, 0.25) is 5.69 Å². The van der Waals surface area contributed by atoms with Gasteiger partial charge < -0.3 is 13.6 Å². The van der Waals surface area contributed by atoms with Crippen molar-refractivity contribution in [2.75, 3.05) is 0 Å². The van der Waals surface area contributed by atoms with Gasteiger partial charge in [0.1, 0.15) is 11.2 Å². The zero-order valence-electron chi connectivity index (χ0n) is 29.3. The summed E-state index contributed by atoms with van der Waals surface area (Å²) in [6, 6.07) is 49.8. The molecule has 3 aromatic heterocycles. The molecule has 0 aliphatic carbocycles. The van der Waals surface area contributed by atoms with Crippen LogP contribution in [0.25, 0.3) is 98.5 Å². The third-order valence-corrected chi connectivity index (χ3v) is 10.6. The van der Waals surface area contributed by atoms with Gasteiger partial charge in [-0.2, -0.15) is 5.26 Å². The molecule has 10 aromatic rings. The van der Waals surface area contributed by atoms with Gasteiger partial charge in [0.05, 0.1) is 57.0 Å². The second-order valence-electron chi connectivity index (χ2n) is 13.6. The minimum absolute atomic E-state index is 0.440. The fourth-order valence-electron chi connectivity index (χ4n) is 8.21. The molecule has 0 amide bonds. The van der Waals surface area contributed by atoms with Crippen molar-refractivity contribution >= 4 is 76.8 Å². The zero-order valence-corrected chi connectivity index (χ0v) is 29.3. The lowest BCUT2D eigenvalue weighted by molar-refractivity contribution is 0.673. The first-order valence-corrected chi connectivity index (χ1v) is 17.8. The van der Waals surface area contributed by atoms with Gasteiger partial charge in [0.25, 0.3) is 0 Å². The minimum Gasteiger partial charge on any atom is -0.455 e. The monoisotopic (exact) mass is 690 g/mol. The van der Waals surface area contributed by atoms with E-state index >= 15 is 0 Å². The van der Waals surface area contributed by atoms with Crippen LogP contribution < -0.4 is 0 Å². The van der Waals surface area contributed by atoms with E-state index in [1.54, 1.807) is 0 Å². The SMILES string of the molecule is [C-]#[N+]c1c(-n2c3ccc(C(=C)/C=C\C)cc3c3cc(-c4ccccc4)ccc32)cc(C#N)cc1-n1c2ccccc2c2c3oc4ccccc4c3ccc21. The predicted molar refractivity (Wildman–Crippen MR) is 223 cm³/mol. The molecule has 0 aliphatic heterocycles. The third kappa shape index (κ3) is 4.50. The molecule has 0 saturated heterocycles. The molecule has 0 saturated carbocycles. The van der Waals surface area contributed by atoms with Gasteiger partial charge in [-0.1, -0.05) is 97.6 Å². The summed E-state index contributed by atoms with van der Waals surface area (Å²) in [5.41, 5.74) is 11.6. The van der Waals surface area contributed by atoms with Crippen LogP contribution in [0.2, 0.25) is 0 Å². The van der Waals surface area contributed by atoms with Gasteiger partial charge in [-0.25, -0.2) is 4.85 Å². The Hall–Kier alpha value is -7.60. The van der Waals surface area contributed by atoms with Crippen molar-refractivity contribution < 1.29 is 4.42 Å². The van der Waals surface area contributed by atoms with Crippen LogP contribution in [0.1, 0.15) is 18.1 Å². The first-order valence-electron chi connectivity index (χ1n) is 17.8. The van der Waals surface area contributed by atoms with Crippen LogP contribution in [0.5, 0.6) is 0 Å². The first kappa shape index (κ1) is 31.2. The summed E-state index contributed by atoms with van der Waals surface area (Å²) >= 11 is 0. The van der Waals surface area contributed by atoms with E-state index in [9.17, 15) is 5.26 Å².